The molecule has 1 aliphatic heterocycles. The number of carbonyl (C=O) groups is 1. The normalized spacial score (nSPS) is 15.6. The summed E-state index contributed by atoms with van der Waals surface area (Å²) in [6.45, 7) is 0.671. The average molecular weight is 483 g/mol. The minimum Gasteiger partial charge on any atom is -0.493 e. The highest BCUT2D eigenvalue weighted by molar-refractivity contribution is 8.01. The van der Waals surface area contributed by atoms with Crippen LogP contribution in [0, 0.1) is 0 Å². The third-order valence-electron chi connectivity index (χ3n) is 5.60. The number of hydrogen-bond acceptors (Lipinski definition) is 7. The van der Waals surface area contributed by atoms with Crippen LogP contribution in [0.25, 0.3) is 10.2 Å². The lowest BCUT2D eigenvalue weighted by Gasteiger charge is -2.37. The number of methoxy groups -OCH3 is 2. The highest BCUT2D eigenvalue weighted by Crippen LogP contribution is 2.42. The van der Waals surface area contributed by atoms with Gasteiger partial charge < -0.3 is 14.4 Å². The van der Waals surface area contributed by atoms with Gasteiger partial charge in [0.1, 0.15) is 0 Å². The van der Waals surface area contributed by atoms with Gasteiger partial charge in [-0.3, -0.25) is 4.79 Å². The topological polar surface area (TPSA) is 51.7 Å². The molecule has 1 unspecified atom stereocenters. The zero-order valence-corrected chi connectivity index (χ0v) is 20.2. The number of rotatable bonds is 6. The van der Waals surface area contributed by atoms with Gasteiger partial charge in [-0.15, -0.1) is 22.7 Å². The van der Waals surface area contributed by atoms with Crippen molar-refractivity contribution in [1.82, 2.24) is 9.88 Å². The van der Waals surface area contributed by atoms with Crippen LogP contribution < -0.4 is 9.47 Å². The third-order valence-corrected chi connectivity index (χ3v) is 8.69. The first-order valence-corrected chi connectivity index (χ1v) is 12.9. The monoisotopic (exact) mass is 482 g/mol. The second kappa shape index (κ2) is 9.13. The molecule has 0 spiro atoms. The quantitative estimate of drug-likeness (QED) is 0.333. The van der Waals surface area contributed by atoms with Crippen LogP contribution in [0.2, 0.25) is 0 Å². The van der Waals surface area contributed by atoms with Crippen molar-refractivity contribution < 1.29 is 14.3 Å². The van der Waals surface area contributed by atoms with Crippen molar-refractivity contribution in [3.8, 4) is 11.5 Å². The number of benzene rings is 2. The Kier molecular flexibility index (Phi) is 6.08. The molecule has 1 aliphatic rings. The summed E-state index contributed by atoms with van der Waals surface area (Å²) in [5.74, 6) is 1.89. The number of ether oxygens (including phenoxy) is 2. The Balaban J connectivity index is 1.43. The van der Waals surface area contributed by atoms with Crippen LogP contribution in [-0.2, 0) is 11.2 Å². The van der Waals surface area contributed by atoms with Crippen LogP contribution in [0.4, 0.5) is 0 Å². The van der Waals surface area contributed by atoms with E-state index >= 15 is 0 Å². The molecule has 2 aromatic carbocycles. The molecule has 0 saturated carbocycles. The number of nitrogens with zero attached hydrogens (tertiary/aromatic N) is 2. The summed E-state index contributed by atoms with van der Waals surface area (Å²) < 4.78 is 13.1. The van der Waals surface area contributed by atoms with Crippen molar-refractivity contribution in [3.63, 3.8) is 0 Å². The molecule has 32 heavy (non-hydrogen) atoms. The molecule has 0 N–H and O–H groups in total. The molecule has 3 heterocycles. The highest BCUT2D eigenvalue weighted by Gasteiger charge is 2.34. The molecule has 0 aliphatic carbocycles. The van der Waals surface area contributed by atoms with Crippen LogP contribution in [0.1, 0.15) is 22.0 Å². The highest BCUT2D eigenvalue weighted by atomic mass is 32.2. The summed E-state index contributed by atoms with van der Waals surface area (Å²) in [6, 6.07) is 16.2. The first-order valence-electron chi connectivity index (χ1n) is 10.2. The van der Waals surface area contributed by atoms with Crippen LogP contribution >= 0.6 is 34.4 Å². The van der Waals surface area contributed by atoms with Crippen LogP contribution in [-0.4, -0.2) is 42.3 Å². The number of thiophene rings is 1. The fraction of sp³-hybridized carbons (Fsp3) is 0.250. The van der Waals surface area contributed by atoms with E-state index in [0.717, 1.165) is 37.2 Å². The van der Waals surface area contributed by atoms with Crippen LogP contribution in [0.3, 0.4) is 0 Å². The molecular weight excluding hydrogens is 460 g/mol. The summed E-state index contributed by atoms with van der Waals surface area (Å²) in [5, 5.41) is 2.06. The predicted molar refractivity (Wildman–Crippen MR) is 131 cm³/mol. The number of aromatic nitrogens is 1. The molecule has 164 valence electrons. The van der Waals surface area contributed by atoms with Crippen LogP contribution in [0.15, 0.2) is 58.3 Å². The molecule has 4 aromatic rings. The number of thiazole rings is 1. The van der Waals surface area contributed by atoms with E-state index in [2.05, 4.69) is 22.5 Å². The van der Waals surface area contributed by atoms with E-state index < -0.39 is 0 Å². The number of para-hydroxylation sites is 1. The van der Waals surface area contributed by atoms with Crippen molar-refractivity contribution in [2.45, 2.75) is 16.8 Å². The Bertz CT molecular complexity index is 1220. The number of hydrogen-bond donors (Lipinski definition) is 0. The van der Waals surface area contributed by atoms with Crippen molar-refractivity contribution in [3.05, 3.63) is 69.9 Å². The van der Waals surface area contributed by atoms with Gasteiger partial charge >= 0.3 is 0 Å². The molecule has 1 atom stereocenters. The Morgan fingerprint density at radius 3 is 2.72 bits per heavy atom. The van der Waals surface area contributed by atoms with E-state index in [1.807, 2.05) is 41.3 Å². The lowest BCUT2D eigenvalue weighted by Crippen LogP contribution is -2.41. The number of carbonyl (C=O) groups excluding carboxylic acids is 1. The molecule has 1 amide bonds. The smallest absolute Gasteiger partial charge is 0.233 e. The van der Waals surface area contributed by atoms with Gasteiger partial charge in [-0.05, 0) is 53.3 Å². The fourth-order valence-electron chi connectivity index (χ4n) is 4.09. The van der Waals surface area contributed by atoms with Gasteiger partial charge in [0.25, 0.3) is 0 Å². The summed E-state index contributed by atoms with van der Waals surface area (Å²) in [5.41, 5.74) is 3.29. The molecule has 5 rings (SSSR count). The number of fused-ring (bicyclic) bond motifs is 2. The molecule has 0 bridgehead atoms. The molecule has 8 heteroatoms. The van der Waals surface area contributed by atoms with Gasteiger partial charge in [0, 0.05) is 11.4 Å². The van der Waals surface area contributed by atoms with Gasteiger partial charge in [0.05, 0.1) is 36.2 Å². The Labute approximate surface area is 199 Å². The summed E-state index contributed by atoms with van der Waals surface area (Å²) in [4.78, 5) is 21.2. The molecule has 2 aromatic heterocycles. The summed E-state index contributed by atoms with van der Waals surface area (Å²) >= 11 is 4.82. The SMILES string of the molecule is COc1cc2c(cc1OC)C(c1cccs1)N(C(=O)CSc1nc3ccccc3s1)CC2. The van der Waals surface area contributed by atoms with Gasteiger partial charge in [-0.1, -0.05) is 30.0 Å². The van der Waals surface area contributed by atoms with E-state index in [1.165, 1.54) is 17.3 Å². The van der Waals surface area contributed by atoms with Crippen molar-refractivity contribution >= 4 is 50.6 Å². The molecule has 5 nitrogen and oxygen atoms in total. The second-order valence-corrected chi connectivity index (χ2v) is 10.6. The molecule has 0 saturated heterocycles. The predicted octanol–water partition coefficient (Wildman–Crippen LogP) is 5.64. The van der Waals surface area contributed by atoms with Gasteiger partial charge in [-0.2, -0.15) is 0 Å². The Morgan fingerprint density at radius 1 is 1.16 bits per heavy atom. The first-order chi connectivity index (χ1) is 15.7. The third kappa shape index (κ3) is 3.98. The summed E-state index contributed by atoms with van der Waals surface area (Å²) in [6.07, 6.45) is 0.787. The van der Waals surface area contributed by atoms with E-state index in [4.69, 9.17) is 9.47 Å². The zero-order valence-electron chi connectivity index (χ0n) is 17.7. The maximum atomic E-state index is 13.4. The van der Waals surface area contributed by atoms with Crippen molar-refractivity contribution in [1.29, 1.82) is 0 Å². The van der Waals surface area contributed by atoms with Gasteiger partial charge in [0.2, 0.25) is 5.91 Å². The maximum Gasteiger partial charge on any atom is 0.233 e. The van der Waals surface area contributed by atoms with Gasteiger partial charge in [-0.25, -0.2) is 4.98 Å². The van der Waals surface area contributed by atoms with Crippen molar-refractivity contribution in [2.24, 2.45) is 0 Å². The maximum absolute atomic E-state index is 13.4. The Hall–Kier alpha value is -2.55. The first kappa shape index (κ1) is 21.3. The van der Waals surface area contributed by atoms with Gasteiger partial charge in [0.15, 0.2) is 15.8 Å². The molecule has 0 radical (unpaired) electrons. The standard InChI is InChI=1S/C24H22N2O3S3/c1-28-18-12-15-9-10-26(23(21-8-5-11-30-21)16(15)13-19(18)29-2)22(27)14-31-24-25-17-6-3-4-7-20(17)32-24/h3-8,11-13,23H,9-10,14H2,1-2H3. The number of amides is 1. The Morgan fingerprint density at radius 2 is 1.97 bits per heavy atom. The largest absolute Gasteiger partial charge is 0.493 e. The number of thioether (sulfide) groups is 1. The van der Waals surface area contributed by atoms with E-state index in [9.17, 15) is 4.79 Å². The molecular formula is C24H22N2O3S3. The average Bonchev–Trinajstić information content (AvgIpc) is 3.50. The second-order valence-electron chi connectivity index (χ2n) is 7.40. The van der Waals surface area contributed by atoms with E-state index in [1.54, 1.807) is 36.9 Å². The van der Waals surface area contributed by atoms with E-state index in [-0.39, 0.29) is 11.9 Å². The lowest BCUT2D eigenvalue weighted by molar-refractivity contribution is -0.130. The minimum absolute atomic E-state index is 0.119. The minimum atomic E-state index is -0.123. The lowest BCUT2D eigenvalue weighted by atomic mass is 9.91. The van der Waals surface area contributed by atoms with Crippen molar-refractivity contribution in [2.75, 3.05) is 26.5 Å². The van der Waals surface area contributed by atoms with E-state index in [0.29, 0.717) is 18.0 Å². The summed E-state index contributed by atoms with van der Waals surface area (Å²) in [7, 11) is 3.30. The fourth-order valence-corrected chi connectivity index (χ4v) is 6.90. The van der Waals surface area contributed by atoms with Crippen LogP contribution in [0.5, 0.6) is 11.5 Å². The zero-order chi connectivity index (χ0) is 22.1. The molecule has 0 fully saturated rings.